The van der Waals surface area contributed by atoms with Crippen LogP contribution in [-0.2, 0) is 11.8 Å². The quantitative estimate of drug-likeness (QED) is 0.905. The number of nitrogens with two attached hydrogens (primary N) is 1. The average Bonchev–Trinajstić information content (AvgIpc) is 3.09. The second-order valence-corrected chi connectivity index (χ2v) is 5.25. The Hall–Kier alpha value is -1.75. The summed E-state index contributed by atoms with van der Waals surface area (Å²) in [6.07, 6.45) is 8.72. The van der Waals surface area contributed by atoms with Crippen molar-refractivity contribution in [3.63, 3.8) is 0 Å². The molecule has 2 aromatic heterocycles. The monoisotopic (exact) mass is 258 g/mol. The molecule has 100 valence electrons. The van der Waals surface area contributed by atoms with E-state index in [-0.39, 0.29) is 5.41 Å². The van der Waals surface area contributed by atoms with E-state index in [0.29, 0.717) is 24.7 Å². The van der Waals surface area contributed by atoms with E-state index in [4.69, 9.17) is 10.3 Å². The van der Waals surface area contributed by atoms with Crippen LogP contribution in [0.3, 0.4) is 0 Å². The fourth-order valence-electron chi connectivity index (χ4n) is 2.78. The number of pyridine rings is 1. The van der Waals surface area contributed by atoms with Gasteiger partial charge in [0.25, 0.3) is 0 Å². The zero-order chi connectivity index (χ0) is 13.1. The summed E-state index contributed by atoms with van der Waals surface area (Å²) in [5.41, 5.74) is 6.93. The number of hydrogen-bond acceptors (Lipinski definition) is 5. The van der Waals surface area contributed by atoms with Crippen LogP contribution in [0.15, 0.2) is 29.0 Å². The highest BCUT2D eigenvalue weighted by molar-refractivity contribution is 5.15. The molecule has 19 heavy (non-hydrogen) atoms. The molecule has 1 fully saturated rings. The fraction of sp³-hybridized carbons (Fsp3) is 0.500. The summed E-state index contributed by atoms with van der Waals surface area (Å²) in [5, 5.41) is 4.08. The SMILES string of the molecule is NCC1(c2nc(Cc3cccnc3)no2)CCCC1. The van der Waals surface area contributed by atoms with Gasteiger partial charge in [0, 0.05) is 25.4 Å². The molecular formula is C14H18N4O. The first-order valence-electron chi connectivity index (χ1n) is 6.74. The number of rotatable bonds is 4. The van der Waals surface area contributed by atoms with Gasteiger partial charge in [-0.1, -0.05) is 24.1 Å². The molecule has 0 spiro atoms. The molecule has 0 bridgehead atoms. The molecule has 3 rings (SSSR count). The van der Waals surface area contributed by atoms with E-state index in [1.165, 1.54) is 12.8 Å². The number of nitrogens with zero attached hydrogens (tertiary/aromatic N) is 3. The Kier molecular flexibility index (Phi) is 3.29. The highest BCUT2D eigenvalue weighted by Crippen LogP contribution is 2.39. The zero-order valence-electron chi connectivity index (χ0n) is 10.9. The van der Waals surface area contributed by atoms with Gasteiger partial charge in [-0.25, -0.2) is 0 Å². The Morgan fingerprint density at radius 2 is 2.16 bits per heavy atom. The maximum absolute atomic E-state index is 5.92. The molecule has 0 atom stereocenters. The van der Waals surface area contributed by atoms with Gasteiger partial charge in [0.2, 0.25) is 5.89 Å². The Labute approximate surface area is 112 Å². The lowest BCUT2D eigenvalue weighted by atomic mass is 9.86. The maximum atomic E-state index is 5.92. The van der Waals surface area contributed by atoms with Crippen molar-refractivity contribution in [1.29, 1.82) is 0 Å². The molecule has 1 aliphatic rings. The topological polar surface area (TPSA) is 77.8 Å². The third-order valence-electron chi connectivity index (χ3n) is 3.96. The summed E-state index contributed by atoms with van der Waals surface area (Å²) >= 11 is 0. The second-order valence-electron chi connectivity index (χ2n) is 5.25. The first-order valence-corrected chi connectivity index (χ1v) is 6.74. The van der Waals surface area contributed by atoms with E-state index in [0.717, 1.165) is 18.4 Å². The van der Waals surface area contributed by atoms with Crippen LogP contribution in [-0.4, -0.2) is 21.7 Å². The highest BCUT2D eigenvalue weighted by Gasteiger charge is 2.39. The molecular weight excluding hydrogens is 240 g/mol. The molecule has 5 heteroatoms. The van der Waals surface area contributed by atoms with Gasteiger partial charge >= 0.3 is 0 Å². The summed E-state index contributed by atoms with van der Waals surface area (Å²) < 4.78 is 5.45. The van der Waals surface area contributed by atoms with Gasteiger partial charge in [-0.15, -0.1) is 0 Å². The van der Waals surface area contributed by atoms with Crippen LogP contribution in [0.1, 0.15) is 43.0 Å². The first-order chi connectivity index (χ1) is 9.32. The van der Waals surface area contributed by atoms with Crippen molar-refractivity contribution in [2.75, 3.05) is 6.54 Å². The van der Waals surface area contributed by atoms with E-state index in [1.807, 2.05) is 18.3 Å². The van der Waals surface area contributed by atoms with Crippen molar-refractivity contribution < 1.29 is 4.52 Å². The van der Waals surface area contributed by atoms with Crippen LogP contribution in [0.5, 0.6) is 0 Å². The Morgan fingerprint density at radius 3 is 2.84 bits per heavy atom. The molecule has 0 aromatic carbocycles. The summed E-state index contributed by atoms with van der Waals surface area (Å²) in [7, 11) is 0. The van der Waals surface area contributed by atoms with Gasteiger partial charge in [-0.3, -0.25) is 4.98 Å². The van der Waals surface area contributed by atoms with E-state index >= 15 is 0 Å². The Morgan fingerprint density at radius 1 is 1.32 bits per heavy atom. The largest absolute Gasteiger partial charge is 0.339 e. The molecule has 0 amide bonds. The summed E-state index contributed by atoms with van der Waals surface area (Å²) in [6.45, 7) is 0.585. The minimum Gasteiger partial charge on any atom is -0.339 e. The standard InChI is InChI=1S/C14H18N4O/c15-10-14(5-1-2-6-14)13-17-12(18-19-13)8-11-4-3-7-16-9-11/h3-4,7,9H,1-2,5-6,8,10,15H2. The normalized spacial score (nSPS) is 17.7. The predicted molar refractivity (Wildman–Crippen MR) is 70.5 cm³/mol. The van der Waals surface area contributed by atoms with Crippen molar-refractivity contribution in [1.82, 2.24) is 15.1 Å². The van der Waals surface area contributed by atoms with Crippen LogP contribution in [0.2, 0.25) is 0 Å². The van der Waals surface area contributed by atoms with Crippen molar-refractivity contribution in [2.45, 2.75) is 37.5 Å². The Bertz CT molecular complexity index is 531. The van der Waals surface area contributed by atoms with Gasteiger partial charge in [0.15, 0.2) is 5.82 Å². The zero-order valence-corrected chi connectivity index (χ0v) is 10.9. The molecule has 2 N–H and O–H groups in total. The maximum Gasteiger partial charge on any atom is 0.234 e. The molecule has 2 aromatic rings. The molecule has 1 aliphatic carbocycles. The molecule has 0 aliphatic heterocycles. The molecule has 5 nitrogen and oxygen atoms in total. The lowest BCUT2D eigenvalue weighted by molar-refractivity contribution is 0.283. The summed E-state index contributed by atoms with van der Waals surface area (Å²) in [5.74, 6) is 1.43. The molecule has 0 radical (unpaired) electrons. The van der Waals surface area contributed by atoms with Crippen molar-refractivity contribution >= 4 is 0 Å². The average molecular weight is 258 g/mol. The summed E-state index contributed by atoms with van der Waals surface area (Å²) in [4.78, 5) is 8.63. The predicted octanol–water partition coefficient (Wildman–Crippen LogP) is 1.83. The highest BCUT2D eigenvalue weighted by atomic mass is 16.5. The molecule has 1 saturated carbocycles. The van der Waals surface area contributed by atoms with E-state index in [9.17, 15) is 0 Å². The van der Waals surface area contributed by atoms with Crippen LogP contribution in [0, 0.1) is 0 Å². The van der Waals surface area contributed by atoms with Crippen LogP contribution < -0.4 is 5.73 Å². The van der Waals surface area contributed by atoms with Gasteiger partial charge in [-0.05, 0) is 24.5 Å². The Balaban J connectivity index is 1.79. The minimum absolute atomic E-state index is 0.0831. The van der Waals surface area contributed by atoms with Crippen molar-refractivity contribution in [2.24, 2.45) is 5.73 Å². The first kappa shape index (κ1) is 12.3. The van der Waals surface area contributed by atoms with Gasteiger partial charge < -0.3 is 10.3 Å². The number of aromatic nitrogens is 3. The van der Waals surface area contributed by atoms with Crippen molar-refractivity contribution in [3.05, 3.63) is 41.8 Å². The van der Waals surface area contributed by atoms with Gasteiger partial charge in [0.1, 0.15) is 0 Å². The van der Waals surface area contributed by atoms with Gasteiger partial charge in [0.05, 0.1) is 5.41 Å². The van der Waals surface area contributed by atoms with Crippen LogP contribution >= 0.6 is 0 Å². The second kappa shape index (κ2) is 5.09. The fourth-order valence-corrected chi connectivity index (χ4v) is 2.78. The van der Waals surface area contributed by atoms with E-state index in [1.54, 1.807) is 6.20 Å². The van der Waals surface area contributed by atoms with Gasteiger partial charge in [-0.2, -0.15) is 4.98 Å². The lowest BCUT2D eigenvalue weighted by Gasteiger charge is -2.21. The molecule has 0 unspecified atom stereocenters. The number of hydrogen-bond donors (Lipinski definition) is 1. The smallest absolute Gasteiger partial charge is 0.234 e. The van der Waals surface area contributed by atoms with Crippen molar-refractivity contribution in [3.8, 4) is 0 Å². The lowest BCUT2D eigenvalue weighted by Crippen LogP contribution is -2.32. The third-order valence-corrected chi connectivity index (χ3v) is 3.96. The third kappa shape index (κ3) is 2.38. The van der Waals surface area contributed by atoms with E-state index in [2.05, 4.69) is 15.1 Å². The molecule has 2 heterocycles. The van der Waals surface area contributed by atoms with E-state index < -0.39 is 0 Å². The van der Waals surface area contributed by atoms with Crippen LogP contribution in [0.25, 0.3) is 0 Å². The molecule has 0 saturated heterocycles. The minimum atomic E-state index is -0.0831. The van der Waals surface area contributed by atoms with Crippen LogP contribution in [0.4, 0.5) is 0 Å². The summed E-state index contributed by atoms with van der Waals surface area (Å²) in [6, 6.07) is 3.92.